The SMILES string of the molecule is Cc1sc2c(c1C)C(c1ccc(Cl)cc1)=N[C@@H](CC(=O)Nc1ccc(C#CCN)c(C(=O)O)c1)c1nnc(C)n1-2. The van der Waals surface area contributed by atoms with Crippen molar-refractivity contribution in [1.29, 1.82) is 0 Å². The number of nitrogens with zero attached hydrogens (tertiary/aromatic N) is 4. The number of fused-ring (bicyclic) bond motifs is 3. The first-order valence-corrected chi connectivity index (χ1v) is 13.6. The molecule has 0 radical (unpaired) electrons. The number of hydrogen-bond donors (Lipinski definition) is 3. The molecule has 5 rings (SSSR count). The third-order valence-corrected chi connectivity index (χ3v) is 8.04. The summed E-state index contributed by atoms with van der Waals surface area (Å²) in [5.41, 5.74) is 9.72. The number of aryl methyl sites for hydroxylation is 2. The Morgan fingerprint density at radius 2 is 1.90 bits per heavy atom. The molecule has 40 heavy (non-hydrogen) atoms. The zero-order valence-corrected chi connectivity index (χ0v) is 23.5. The molecule has 1 atom stereocenters. The number of thiophene rings is 1. The Morgan fingerprint density at radius 3 is 2.60 bits per heavy atom. The number of aromatic carboxylic acids is 1. The topological polar surface area (TPSA) is 135 Å². The summed E-state index contributed by atoms with van der Waals surface area (Å²) in [5.74, 6) is 5.14. The van der Waals surface area contributed by atoms with Gasteiger partial charge in [-0.3, -0.25) is 14.4 Å². The van der Waals surface area contributed by atoms with Crippen LogP contribution in [0.2, 0.25) is 5.02 Å². The van der Waals surface area contributed by atoms with Crippen LogP contribution in [-0.2, 0) is 4.79 Å². The standard InChI is InChI=1S/C29H25ClN6O3S/c1-15-16(2)40-28-25(15)26(19-6-9-20(30)10-7-19)33-23(27-35-34-17(3)36(27)28)14-24(37)32-21-11-8-18(5-4-12-31)22(13-21)29(38)39/h6-11,13,23H,12,14,31H2,1-3H3,(H,32,37)(H,38,39)/t23-/m0/s1. The number of anilines is 1. The quantitative estimate of drug-likeness (QED) is 0.293. The van der Waals surface area contributed by atoms with Gasteiger partial charge < -0.3 is 16.2 Å². The number of carboxylic acids is 1. The molecule has 2 aromatic heterocycles. The maximum Gasteiger partial charge on any atom is 0.337 e. The molecule has 0 saturated carbocycles. The van der Waals surface area contributed by atoms with E-state index in [4.69, 9.17) is 22.3 Å². The predicted molar refractivity (Wildman–Crippen MR) is 156 cm³/mol. The molecule has 1 amide bonds. The van der Waals surface area contributed by atoms with Gasteiger partial charge in [-0.05, 0) is 56.7 Å². The van der Waals surface area contributed by atoms with Gasteiger partial charge in [0.05, 0.1) is 24.2 Å². The number of rotatable bonds is 5. The van der Waals surface area contributed by atoms with Gasteiger partial charge in [0.2, 0.25) is 5.91 Å². The highest BCUT2D eigenvalue weighted by Crippen LogP contribution is 2.39. The number of hydrogen-bond acceptors (Lipinski definition) is 7. The summed E-state index contributed by atoms with van der Waals surface area (Å²) in [4.78, 5) is 31.4. The summed E-state index contributed by atoms with van der Waals surface area (Å²) in [5, 5.41) is 22.7. The Morgan fingerprint density at radius 1 is 1.15 bits per heavy atom. The number of aliphatic imine (C=N–C) groups is 1. The fraction of sp³-hybridized carbons (Fsp3) is 0.207. The van der Waals surface area contributed by atoms with E-state index in [1.807, 2.05) is 35.8 Å². The molecular formula is C29H25ClN6O3S. The Balaban J connectivity index is 1.54. The zero-order valence-electron chi connectivity index (χ0n) is 21.9. The minimum atomic E-state index is -1.15. The smallest absolute Gasteiger partial charge is 0.337 e. The summed E-state index contributed by atoms with van der Waals surface area (Å²) in [6.07, 6.45) is -0.0423. The van der Waals surface area contributed by atoms with Gasteiger partial charge in [0, 0.05) is 32.3 Å². The number of amides is 1. The van der Waals surface area contributed by atoms with Crippen LogP contribution in [0.3, 0.4) is 0 Å². The van der Waals surface area contributed by atoms with Crippen molar-refractivity contribution in [3.05, 3.63) is 91.8 Å². The van der Waals surface area contributed by atoms with Crippen molar-refractivity contribution in [2.45, 2.75) is 33.2 Å². The Kier molecular flexibility index (Phi) is 7.54. The van der Waals surface area contributed by atoms with Crippen LogP contribution in [0.25, 0.3) is 5.00 Å². The lowest BCUT2D eigenvalue weighted by Gasteiger charge is -2.13. The molecule has 0 aliphatic carbocycles. The molecule has 4 aromatic rings. The highest BCUT2D eigenvalue weighted by atomic mass is 35.5. The number of carboxylic acid groups (broad SMARTS) is 1. The van der Waals surface area contributed by atoms with Gasteiger partial charge in [-0.25, -0.2) is 4.79 Å². The van der Waals surface area contributed by atoms with Crippen LogP contribution in [0.4, 0.5) is 5.69 Å². The lowest BCUT2D eigenvalue weighted by atomic mass is 9.99. The van der Waals surface area contributed by atoms with Gasteiger partial charge >= 0.3 is 5.97 Å². The van der Waals surface area contributed by atoms with Gasteiger partial charge in [0.15, 0.2) is 5.82 Å². The minimum Gasteiger partial charge on any atom is -0.478 e. The van der Waals surface area contributed by atoms with Crippen molar-refractivity contribution in [3.63, 3.8) is 0 Å². The van der Waals surface area contributed by atoms with Crippen LogP contribution in [0.1, 0.15) is 61.6 Å². The second-order valence-corrected chi connectivity index (χ2v) is 10.9. The molecule has 0 fully saturated rings. The third kappa shape index (κ3) is 5.14. The summed E-state index contributed by atoms with van der Waals surface area (Å²) in [6.45, 7) is 6.10. The van der Waals surface area contributed by atoms with Crippen molar-refractivity contribution in [3.8, 4) is 16.8 Å². The fourth-order valence-electron chi connectivity index (χ4n) is 4.57. The van der Waals surface area contributed by atoms with Crippen LogP contribution in [-0.4, -0.2) is 44.0 Å². The first kappa shape index (κ1) is 27.3. The highest BCUT2D eigenvalue weighted by molar-refractivity contribution is 7.15. The normalized spacial score (nSPS) is 13.8. The summed E-state index contributed by atoms with van der Waals surface area (Å²) in [7, 11) is 0. The Hall–Kier alpha value is -4.30. The van der Waals surface area contributed by atoms with Crippen LogP contribution < -0.4 is 11.1 Å². The molecule has 202 valence electrons. The van der Waals surface area contributed by atoms with Crippen molar-refractivity contribution < 1.29 is 14.7 Å². The highest BCUT2D eigenvalue weighted by Gasteiger charge is 2.32. The molecule has 0 bridgehead atoms. The summed E-state index contributed by atoms with van der Waals surface area (Å²) < 4.78 is 1.97. The summed E-state index contributed by atoms with van der Waals surface area (Å²) in [6, 6.07) is 11.3. The van der Waals surface area contributed by atoms with E-state index >= 15 is 0 Å². The van der Waals surface area contributed by atoms with E-state index in [9.17, 15) is 14.7 Å². The molecule has 11 heteroatoms. The molecule has 3 heterocycles. The lowest BCUT2D eigenvalue weighted by Crippen LogP contribution is -2.17. The van der Waals surface area contributed by atoms with E-state index in [2.05, 4.69) is 41.2 Å². The maximum atomic E-state index is 13.3. The third-order valence-electron chi connectivity index (χ3n) is 6.59. The van der Waals surface area contributed by atoms with E-state index in [1.54, 1.807) is 23.5 Å². The number of nitrogens with one attached hydrogen (secondary N) is 1. The Labute approximate surface area is 239 Å². The molecule has 4 N–H and O–H groups in total. The van der Waals surface area contributed by atoms with Crippen molar-refractivity contribution >= 4 is 46.2 Å². The molecule has 0 spiro atoms. The first-order chi connectivity index (χ1) is 19.2. The molecule has 9 nitrogen and oxygen atoms in total. The van der Waals surface area contributed by atoms with Gasteiger partial charge in [0.1, 0.15) is 16.9 Å². The number of halogens is 1. The molecule has 0 unspecified atom stereocenters. The van der Waals surface area contributed by atoms with E-state index < -0.39 is 12.0 Å². The second kappa shape index (κ2) is 11.1. The monoisotopic (exact) mass is 572 g/mol. The predicted octanol–water partition coefficient (Wildman–Crippen LogP) is 4.84. The van der Waals surface area contributed by atoms with Gasteiger partial charge in [-0.15, -0.1) is 21.5 Å². The molecule has 0 saturated heterocycles. The number of aromatic nitrogens is 3. The zero-order chi connectivity index (χ0) is 28.6. The minimum absolute atomic E-state index is 0.0260. The van der Waals surface area contributed by atoms with Gasteiger partial charge in [0.25, 0.3) is 0 Å². The Bertz CT molecular complexity index is 1740. The first-order valence-electron chi connectivity index (χ1n) is 12.4. The maximum absolute atomic E-state index is 13.3. The molecule has 1 aliphatic heterocycles. The lowest BCUT2D eigenvalue weighted by molar-refractivity contribution is -0.116. The van der Waals surface area contributed by atoms with Crippen LogP contribution in [0.5, 0.6) is 0 Å². The van der Waals surface area contributed by atoms with E-state index in [-0.39, 0.29) is 24.4 Å². The average molecular weight is 573 g/mol. The largest absolute Gasteiger partial charge is 0.478 e. The number of nitrogens with two attached hydrogens (primary N) is 1. The van der Waals surface area contributed by atoms with Crippen molar-refractivity contribution in [2.24, 2.45) is 10.7 Å². The van der Waals surface area contributed by atoms with Gasteiger partial charge in [-0.1, -0.05) is 35.6 Å². The van der Waals surface area contributed by atoms with Crippen molar-refractivity contribution in [1.82, 2.24) is 14.8 Å². The van der Waals surface area contributed by atoms with E-state index in [0.29, 0.717) is 27.9 Å². The van der Waals surface area contributed by atoms with Crippen LogP contribution in [0, 0.1) is 32.6 Å². The molecule has 2 aromatic carbocycles. The molecular weight excluding hydrogens is 548 g/mol. The summed E-state index contributed by atoms with van der Waals surface area (Å²) >= 11 is 7.80. The van der Waals surface area contributed by atoms with Gasteiger partial charge in [-0.2, -0.15) is 0 Å². The van der Waals surface area contributed by atoms with Crippen molar-refractivity contribution in [2.75, 3.05) is 11.9 Å². The molecule has 1 aliphatic rings. The fourth-order valence-corrected chi connectivity index (χ4v) is 5.91. The number of benzene rings is 2. The van der Waals surface area contributed by atoms with Crippen LogP contribution in [0.15, 0.2) is 47.5 Å². The number of carbonyl (C=O) groups excluding carboxylic acids is 1. The van der Waals surface area contributed by atoms with E-state index in [0.717, 1.165) is 32.3 Å². The van der Waals surface area contributed by atoms with Crippen LogP contribution >= 0.6 is 22.9 Å². The average Bonchev–Trinajstić information content (AvgIpc) is 3.40. The second-order valence-electron chi connectivity index (χ2n) is 9.23. The number of carbonyl (C=O) groups is 2. The van der Waals surface area contributed by atoms with E-state index in [1.165, 1.54) is 6.07 Å².